The molecule has 0 radical (unpaired) electrons. The first-order valence-electron chi connectivity index (χ1n) is 7.76. The van der Waals surface area contributed by atoms with Crippen LogP contribution in [-0.2, 0) is 4.74 Å². The molecule has 2 heteroatoms. The van der Waals surface area contributed by atoms with E-state index in [2.05, 4.69) is 42.6 Å². The summed E-state index contributed by atoms with van der Waals surface area (Å²) in [7, 11) is 0. The second-order valence-corrected chi connectivity index (χ2v) is 5.58. The number of rotatable bonds is 9. The molecule has 0 aliphatic heterocycles. The number of ether oxygens (including phenoxy) is 1. The van der Waals surface area contributed by atoms with Crippen molar-refractivity contribution in [3.8, 4) is 0 Å². The van der Waals surface area contributed by atoms with Gasteiger partial charge in [0.15, 0.2) is 0 Å². The average molecular weight is 261 g/mol. The summed E-state index contributed by atoms with van der Waals surface area (Å²) in [6, 6.07) is 11.0. The highest BCUT2D eigenvalue weighted by atomic mass is 16.5. The van der Waals surface area contributed by atoms with Gasteiger partial charge in [-0.3, -0.25) is 0 Å². The van der Waals surface area contributed by atoms with E-state index in [1.807, 2.05) is 0 Å². The lowest BCUT2D eigenvalue weighted by Crippen LogP contribution is -2.27. The van der Waals surface area contributed by atoms with E-state index in [1.54, 1.807) is 0 Å². The maximum absolute atomic E-state index is 5.89. The summed E-state index contributed by atoms with van der Waals surface area (Å²) in [5.41, 5.74) is 1.33. The monoisotopic (exact) mass is 261 g/mol. The van der Waals surface area contributed by atoms with Gasteiger partial charge in [-0.2, -0.15) is 0 Å². The van der Waals surface area contributed by atoms with E-state index in [4.69, 9.17) is 4.74 Å². The van der Waals surface area contributed by atoms with Crippen LogP contribution in [0.15, 0.2) is 30.3 Å². The number of hydrogen-bond acceptors (Lipinski definition) is 2. The second-order valence-electron chi connectivity index (χ2n) is 5.58. The molecular formula is C17H27NO. The summed E-state index contributed by atoms with van der Waals surface area (Å²) in [6.45, 7) is 4.95. The minimum absolute atomic E-state index is 0.336. The third-order valence-corrected chi connectivity index (χ3v) is 4.02. The lowest BCUT2D eigenvalue weighted by Gasteiger charge is -2.25. The zero-order valence-electron chi connectivity index (χ0n) is 12.1. The van der Waals surface area contributed by atoms with Crippen LogP contribution in [0.1, 0.15) is 50.6 Å². The Balaban J connectivity index is 1.73. The van der Waals surface area contributed by atoms with Crippen molar-refractivity contribution in [3.05, 3.63) is 35.9 Å². The molecule has 0 bridgehead atoms. The fraction of sp³-hybridized carbons (Fsp3) is 0.647. The molecule has 1 N–H and O–H groups in total. The zero-order valence-corrected chi connectivity index (χ0v) is 12.1. The van der Waals surface area contributed by atoms with Crippen LogP contribution < -0.4 is 5.32 Å². The Morgan fingerprint density at radius 1 is 1.26 bits per heavy atom. The first-order valence-corrected chi connectivity index (χ1v) is 7.76. The summed E-state index contributed by atoms with van der Waals surface area (Å²) in [6.07, 6.45) is 6.66. The molecule has 106 valence electrons. The van der Waals surface area contributed by atoms with Crippen LogP contribution in [0.25, 0.3) is 0 Å². The molecule has 19 heavy (non-hydrogen) atoms. The summed E-state index contributed by atoms with van der Waals surface area (Å²) in [4.78, 5) is 0. The quantitative estimate of drug-likeness (QED) is 0.680. The van der Waals surface area contributed by atoms with Crippen molar-refractivity contribution in [1.82, 2.24) is 5.32 Å². The second kappa shape index (κ2) is 8.34. The van der Waals surface area contributed by atoms with Crippen molar-refractivity contribution in [2.45, 2.75) is 45.1 Å². The van der Waals surface area contributed by atoms with Gasteiger partial charge in [-0.05, 0) is 30.9 Å². The Bertz CT molecular complexity index is 334. The molecular weight excluding hydrogens is 234 g/mol. The number of hydrogen-bond donors (Lipinski definition) is 1. The summed E-state index contributed by atoms with van der Waals surface area (Å²) < 4.78 is 5.89. The highest BCUT2D eigenvalue weighted by molar-refractivity contribution is 5.18. The molecule has 0 aromatic heterocycles. The minimum Gasteiger partial charge on any atom is -0.379 e. The molecule has 1 atom stereocenters. The molecule has 0 heterocycles. The van der Waals surface area contributed by atoms with Crippen molar-refractivity contribution in [2.24, 2.45) is 5.92 Å². The predicted molar refractivity (Wildman–Crippen MR) is 80.3 cm³/mol. The maximum Gasteiger partial charge on any atom is 0.0661 e. The molecule has 1 saturated carbocycles. The molecule has 2 nitrogen and oxygen atoms in total. The molecule has 1 aromatic rings. The molecule has 1 fully saturated rings. The molecule has 1 aliphatic rings. The summed E-state index contributed by atoms with van der Waals surface area (Å²) in [5, 5.41) is 3.58. The van der Waals surface area contributed by atoms with Crippen LogP contribution in [0.2, 0.25) is 0 Å². The highest BCUT2D eigenvalue weighted by Crippen LogP contribution is 2.29. The van der Waals surface area contributed by atoms with Crippen molar-refractivity contribution in [3.63, 3.8) is 0 Å². The van der Waals surface area contributed by atoms with Gasteiger partial charge in [0.25, 0.3) is 0 Å². The Kier molecular flexibility index (Phi) is 6.38. The van der Waals surface area contributed by atoms with Crippen LogP contribution in [-0.4, -0.2) is 19.8 Å². The highest BCUT2D eigenvalue weighted by Gasteiger charge is 2.17. The van der Waals surface area contributed by atoms with Gasteiger partial charge in [0, 0.05) is 6.61 Å². The van der Waals surface area contributed by atoms with Crippen LogP contribution >= 0.6 is 0 Å². The minimum atomic E-state index is 0.336. The van der Waals surface area contributed by atoms with Gasteiger partial charge >= 0.3 is 0 Å². The van der Waals surface area contributed by atoms with Crippen LogP contribution in [0.3, 0.4) is 0 Å². The molecule has 2 rings (SSSR count). The standard InChI is InChI=1S/C17H27NO/c1-2-12-18-17(16-9-4-3-5-10-16)14-19-13-11-15-7-6-8-15/h3-5,9-10,15,17-18H,2,6-8,11-14H2,1H3. The lowest BCUT2D eigenvalue weighted by atomic mass is 9.83. The van der Waals surface area contributed by atoms with Crippen LogP contribution in [0.4, 0.5) is 0 Å². The molecule has 1 aliphatic carbocycles. The Hall–Kier alpha value is -0.860. The zero-order chi connectivity index (χ0) is 13.3. The Morgan fingerprint density at radius 2 is 2.05 bits per heavy atom. The summed E-state index contributed by atoms with van der Waals surface area (Å²) >= 11 is 0. The average Bonchev–Trinajstić information content (AvgIpc) is 2.41. The molecule has 0 spiro atoms. The third kappa shape index (κ3) is 4.96. The fourth-order valence-electron chi connectivity index (χ4n) is 2.51. The largest absolute Gasteiger partial charge is 0.379 e. The topological polar surface area (TPSA) is 21.3 Å². The lowest BCUT2D eigenvalue weighted by molar-refractivity contribution is 0.0888. The first kappa shape index (κ1) is 14.5. The Morgan fingerprint density at radius 3 is 2.68 bits per heavy atom. The van der Waals surface area contributed by atoms with Gasteiger partial charge in [0.2, 0.25) is 0 Å². The van der Waals surface area contributed by atoms with Gasteiger partial charge in [-0.15, -0.1) is 0 Å². The van der Waals surface area contributed by atoms with E-state index in [0.29, 0.717) is 6.04 Å². The first-order chi connectivity index (χ1) is 9.40. The molecule has 1 unspecified atom stereocenters. The third-order valence-electron chi connectivity index (χ3n) is 4.02. The van der Waals surface area contributed by atoms with E-state index in [9.17, 15) is 0 Å². The summed E-state index contributed by atoms with van der Waals surface area (Å²) in [5.74, 6) is 0.943. The van der Waals surface area contributed by atoms with Gasteiger partial charge in [-0.1, -0.05) is 56.5 Å². The van der Waals surface area contributed by atoms with Crippen molar-refractivity contribution in [1.29, 1.82) is 0 Å². The van der Waals surface area contributed by atoms with Crippen molar-refractivity contribution < 1.29 is 4.74 Å². The smallest absolute Gasteiger partial charge is 0.0661 e. The normalized spacial score (nSPS) is 17.1. The van der Waals surface area contributed by atoms with Crippen LogP contribution in [0, 0.1) is 5.92 Å². The SMILES string of the molecule is CCCNC(COCCC1CCC1)c1ccccc1. The van der Waals surface area contributed by atoms with E-state index in [1.165, 1.54) is 31.2 Å². The van der Waals surface area contributed by atoms with Gasteiger partial charge in [0.1, 0.15) is 0 Å². The van der Waals surface area contributed by atoms with Crippen LogP contribution in [0.5, 0.6) is 0 Å². The van der Waals surface area contributed by atoms with Crippen molar-refractivity contribution in [2.75, 3.05) is 19.8 Å². The van der Waals surface area contributed by atoms with Gasteiger partial charge in [0.05, 0.1) is 12.6 Å². The van der Waals surface area contributed by atoms with Gasteiger partial charge in [-0.25, -0.2) is 0 Å². The van der Waals surface area contributed by atoms with E-state index in [-0.39, 0.29) is 0 Å². The maximum atomic E-state index is 5.89. The Labute approximate surface area is 117 Å². The molecule has 1 aromatic carbocycles. The van der Waals surface area contributed by atoms with E-state index < -0.39 is 0 Å². The predicted octanol–water partition coefficient (Wildman–Crippen LogP) is 3.93. The van der Waals surface area contributed by atoms with Gasteiger partial charge < -0.3 is 10.1 Å². The number of benzene rings is 1. The number of nitrogens with one attached hydrogen (secondary N) is 1. The molecule has 0 saturated heterocycles. The van der Waals surface area contributed by atoms with Crippen molar-refractivity contribution >= 4 is 0 Å². The van der Waals surface area contributed by atoms with E-state index >= 15 is 0 Å². The van der Waals surface area contributed by atoms with E-state index in [0.717, 1.165) is 32.1 Å². The fourth-order valence-corrected chi connectivity index (χ4v) is 2.51. The molecule has 0 amide bonds.